The summed E-state index contributed by atoms with van der Waals surface area (Å²) in [5, 5.41) is 37.6. The van der Waals surface area contributed by atoms with Crippen molar-refractivity contribution in [3.63, 3.8) is 0 Å². The molecule has 5 unspecified atom stereocenters. The summed E-state index contributed by atoms with van der Waals surface area (Å²) in [6, 6.07) is 0. The number of aldehydes is 1. The van der Waals surface area contributed by atoms with Crippen molar-refractivity contribution in [3.8, 4) is 0 Å². The van der Waals surface area contributed by atoms with Gasteiger partial charge < -0.3 is 30.0 Å². The third kappa shape index (κ3) is 1.47. The minimum absolute atomic E-state index is 0.213. The first-order valence-electron chi connectivity index (χ1n) is 3.38. The zero-order chi connectivity index (χ0) is 9.30. The van der Waals surface area contributed by atoms with Gasteiger partial charge in [0.25, 0.3) is 0 Å². The molecular formula is C6H9O6-. The van der Waals surface area contributed by atoms with E-state index in [0.717, 1.165) is 0 Å². The number of hydrogen-bond donors (Lipinski definition) is 3. The van der Waals surface area contributed by atoms with Crippen LogP contribution in [0.5, 0.6) is 0 Å². The Labute approximate surface area is 68.0 Å². The molecule has 1 aliphatic rings. The standard InChI is InChI=1S/C6H9O6/c7-1-2-3(8)4(9)5(10)6(11)12-2/h1-6,8-10H/q-1. The number of carbonyl (C=O) groups is 1. The second kappa shape index (κ2) is 3.46. The van der Waals surface area contributed by atoms with E-state index in [1.165, 1.54) is 0 Å². The Balaban J connectivity index is 2.70. The fraction of sp³-hybridized carbons (Fsp3) is 0.833. The Morgan fingerprint density at radius 3 is 2.25 bits per heavy atom. The van der Waals surface area contributed by atoms with Crippen LogP contribution in [-0.4, -0.2) is 52.3 Å². The highest BCUT2D eigenvalue weighted by atomic mass is 16.6. The number of aliphatic hydroxyl groups is 3. The Kier molecular flexibility index (Phi) is 2.76. The molecule has 1 heterocycles. The zero-order valence-electron chi connectivity index (χ0n) is 6.03. The molecule has 1 saturated heterocycles. The van der Waals surface area contributed by atoms with E-state index in [1.807, 2.05) is 0 Å². The molecule has 0 aromatic rings. The highest BCUT2D eigenvalue weighted by molar-refractivity contribution is 5.57. The number of hydrogen-bond acceptors (Lipinski definition) is 6. The summed E-state index contributed by atoms with van der Waals surface area (Å²) in [4.78, 5) is 10.2. The molecule has 6 nitrogen and oxygen atoms in total. The van der Waals surface area contributed by atoms with Gasteiger partial charge in [-0.2, -0.15) is 0 Å². The molecule has 3 N–H and O–H groups in total. The Bertz CT molecular complexity index is 171. The third-order valence-electron chi connectivity index (χ3n) is 1.74. The molecule has 1 rings (SSSR count). The monoisotopic (exact) mass is 177 g/mol. The van der Waals surface area contributed by atoms with Crippen LogP contribution in [0.15, 0.2) is 0 Å². The fourth-order valence-electron chi connectivity index (χ4n) is 0.986. The molecule has 12 heavy (non-hydrogen) atoms. The summed E-state index contributed by atoms with van der Waals surface area (Å²) in [6.45, 7) is 0. The van der Waals surface area contributed by atoms with Crippen molar-refractivity contribution >= 4 is 6.29 Å². The van der Waals surface area contributed by atoms with E-state index >= 15 is 0 Å². The van der Waals surface area contributed by atoms with Crippen molar-refractivity contribution in [3.05, 3.63) is 0 Å². The molecule has 0 radical (unpaired) electrons. The maximum atomic E-state index is 10.7. The van der Waals surface area contributed by atoms with Gasteiger partial charge in [0.15, 0.2) is 6.29 Å². The average molecular weight is 177 g/mol. The van der Waals surface area contributed by atoms with Crippen LogP contribution >= 0.6 is 0 Å². The first-order chi connectivity index (χ1) is 5.57. The first kappa shape index (κ1) is 9.56. The fourth-order valence-corrected chi connectivity index (χ4v) is 0.986. The summed E-state index contributed by atoms with van der Waals surface area (Å²) in [6.07, 6.45) is -7.90. The topological polar surface area (TPSA) is 110 Å². The van der Waals surface area contributed by atoms with Crippen molar-refractivity contribution in [1.82, 2.24) is 0 Å². The Hall–Kier alpha value is -0.530. The maximum Gasteiger partial charge on any atom is 0.151 e. The van der Waals surface area contributed by atoms with Gasteiger partial charge in [-0.1, -0.05) is 0 Å². The van der Waals surface area contributed by atoms with Crippen molar-refractivity contribution < 1.29 is 30.0 Å². The van der Waals surface area contributed by atoms with E-state index in [4.69, 9.17) is 15.3 Å². The molecule has 70 valence electrons. The van der Waals surface area contributed by atoms with Crippen molar-refractivity contribution in [2.45, 2.75) is 30.7 Å². The summed E-state index contributed by atoms with van der Waals surface area (Å²) in [7, 11) is 0. The van der Waals surface area contributed by atoms with E-state index in [9.17, 15) is 9.90 Å². The van der Waals surface area contributed by atoms with Gasteiger partial charge in [0.2, 0.25) is 0 Å². The molecule has 1 aliphatic heterocycles. The quantitative estimate of drug-likeness (QED) is 0.356. The molecular weight excluding hydrogens is 168 g/mol. The highest BCUT2D eigenvalue weighted by Gasteiger charge is 2.38. The van der Waals surface area contributed by atoms with Crippen molar-refractivity contribution in [2.24, 2.45) is 0 Å². The van der Waals surface area contributed by atoms with Gasteiger partial charge in [-0.3, -0.25) is 0 Å². The predicted molar refractivity (Wildman–Crippen MR) is 32.7 cm³/mol. The van der Waals surface area contributed by atoms with Crippen molar-refractivity contribution in [1.29, 1.82) is 0 Å². The lowest BCUT2D eigenvalue weighted by Gasteiger charge is -2.41. The minimum Gasteiger partial charge on any atom is -0.829 e. The molecule has 1 fully saturated rings. The maximum absolute atomic E-state index is 10.7. The average Bonchev–Trinajstić information content (AvgIpc) is 2.08. The molecule has 5 atom stereocenters. The number of carbonyl (C=O) groups excluding carboxylic acids is 1. The molecule has 0 aliphatic carbocycles. The molecule has 0 spiro atoms. The third-order valence-corrected chi connectivity index (χ3v) is 1.74. The first-order valence-corrected chi connectivity index (χ1v) is 3.38. The lowest BCUT2D eigenvalue weighted by Crippen LogP contribution is -2.61. The minimum atomic E-state index is -1.89. The van der Waals surface area contributed by atoms with Gasteiger partial charge in [0.1, 0.15) is 18.3 Å². The van der Waals surface area contributed by atoms with Crippen LogP contribution in [-0.2, 0) is 9.53 Å². The molecule has 0 aromatic heterocycles. The second-order valence-electron chi connectivity index (χ2n) is 2.58. The van der Waals surface area contributed by atoms with Crippen LogP contribution in [0.1, 0.15) is 0 Å². The van der Waals surface area contributed by atoms with Gasteiger partial charge in [-0.25, -0.2) is 0 Å². The lowest BCUT2D eigenvalue weighted by molar-refractivity contribution is -0.528. The van der Waals surface area contributed by atoms with Gasteiger partial charge in [0.05, 0.1) is 6.10 Å². The Morgan fingerprint density at radius 1 is 1.17 bits per heavy atom. The number of aliphatic hydroxyl groups excluding tert-OH is 3. The van der Waals surface area contributed by atoms with Crippen molar-refractivity contribution in [2.75, 3.05) is 0 Å². The SMILES string of the molecule is O=CC1OC([O-])C(O)C(O)C1O. The summed E-state index contributed by atoms with van der Waals surface area (Å²) in [5.41, 5.74) is 0. The largest absolute Gasteiger partial charge is 0.829 e. The second-order valence-corrected chi connectivity index (χ2v) is 2.58. The Morgan fingerprint density at radius 2 is 1.75 bits per heavy atom. The molecule has 6 heteroatoms. The normalized spacial score (nSPS) is 48.8. The summed E-state index contributed by atoms with van der Waals surface area (Å²) < 4.78 is 4.35. The molecule has 0 amide bonds. The van der Waals surface area contributed by atoms with Gasteiger partial charge in [-0.15, -0.1) is 0 Å². The van der Waals surface area contributed by atoms with Crippen LogP contribution in [0.3, 0.4) is 0 Å². The summed E-state index contributed by atoms with van der Waals surface area (Å²) in [5.74, 6) is 0. The molecule has 0 bridgehead atoms. The van der Waals surface area contributed by atoms with Crippen LogP contribution in [0.4, 0.5) is 0 Å². The highest BCUT2D eigenvalue weighted by Crippen LogP contribution is 2.16. The van der Waals surface area contributed by atoms with Crippen LogP contribution in [0, 0.1) is 0 Å². The van der Waals surface area contributed by atoms with Crippen LogP contribution in [0.25, 0.3) is 0 Å². The number of rotatable bonds is 1. The van der Waals surface area contributed by atoms with E-state index in [0.29, 0.717) is 0 Å². The van der Waals surface area contributed by atoms with E-state index < -0.39 is 30.7 Å². The summed E-state index contributed by atoms with van der Waals surface area (Å²) >= 11 is 0. The van der Waals surface area contributed by atoms with Crippen LogP contribution in [0.2, 0.25) is 0 Å². The van der Waals surface area contributed by atoms with E-state index in [-0.39, 0.29) is 6.29 Å². The van der Waals surface area contributed by atoms with Crippen LogP contribution < -0.4 is 5.11 Å². The number of ether oxygens (including phenoxy) is 1. The lowest BCUT2D eigenvalue weighted by atomic mass is 10.00. The smallest absolute Gasteiger partial charge is 0.151 e. The van der Waals surface area contributed by atoms with Gasteiger partial charge >= 0.3 is 0 Å². The predicted octanol–water partition coefficient (Wildman–Crippen LogP) is -3.65. The van der Waals surface area contributed by atoms with E-state index in [1.54, 1.807) is 0 Å². The molecule has 0 saturated carbocycles. The van der Waals surface area contributed by atoms with Gasteiger partial charge in [-0.05, 0) is 0 Å². The molecule has 0 aromatic carbocycles. The van der Waals surface area contributed by atoms with E-state index in [2.05, 4.69) is 4.74 Å². The zero-order valence-corrected chi connectivity index (χ0v) is 6.03. The van der Waals surface area contributed by atoms with Gasteiger partial charge in [0, 0.05) is 6.29 Å².